The van der Waals surface area contributed by atoms with Gasteiger partial charge in [0.15, 0.2) is 0 Å². The van der Waals surface area contributed by atoms with Gasteiger partial charge in [0, 0.05) is 13.2 Å². The second kappa shape index (κ2) is 25.3. The molecule has 0 N–H and O–H groups in total. The minimum atomic E-state index is -0.406. The van der Waals surface area contributed by atoms with Crippen molar-refractivity contribution in [3.05, 3.63) is 0 Å². The third-order valence-electron chi connectivity index (χ3n) is 6.55. The Morgan fingerprint density at radius 2 is 0.838 bits per heavy atom. The Morgan fingerprint density at radius 1 is 0.514 bits per heavy atom. The number of likely N-dealkylation sites (N-methyl/N-ethyl adjacent to an activating group) is 2. The Balaban J connectivity index is 4.98. The number of nitrogens with zero attached hydrogens (tertiary/aromatic N) is 2. The summed E-state index contributed by atoms with van der Waals surface area (Å²) in [6, 6.07) is 0. The molecular weight excluding hydrogens is 511 g/mol. The molecule has 2 unspecified atom stereocenters. The van der Waals surface area contributed by atoms with Gasteiger partial charge in [-0.3, -0.25) is 9.80 Å². The van der Waals surface area contributed by atoms with Crippen LogP contribution in [0.2, 0.25) is 0 Å². The number of halogens is 2. The molecule has 0 amide bonds. The first-order chi connectivity index (χ1) is 17.8. The summed E-state index contributed by atoms with van der Waals surface area (Å²) in [6.07, 6.45) is 14.9. The van der Waals surface area contributed by atoms with E-state index in [4.69, 9.17) is 42.1 Å². The number of hydrogen-bond donors (Lipinski definition) is 0. The molecule has 6 nitrogen and oxygen atoms in total. The van der Waals surface area contributed by atoms with Gasteiger partial charge in [0.1, 0.15) is 11.0 Å². The van der Waals surface area contributed by atoms with Gasteiger partial charge in [-0.2, -0.15) is 0 Å². The molecule has 0 bridgehead atoms. The second-order valence-corrected chi connectivity index (χ2v) is 12.0. The highest BCUT2D eigenvalue weighted by molar-refractivity contribution is 6.20. The van der Waals surface area contributed by atoms with E-state index >= 15 is 0 Å². The van der Waals surface area contributed by atoms with Crippen molar-refractivity contribution in [2.24, 2.45) is 5.41 Å². The van der Waals surface area contributed by atoms with Gasteiger partial charge in [-0.15, -0.1) is 23.2 Å². The van der Waals surface area contributed by atoms with E-state index in [-0.39, 0.29) is 11.0 Å². The standard InChI is InChI=1S/C29H60Cl2N2O4/c1-7-9-11-13-15-17-19-34-23-29(25-36-21-27(30)32(3)4,26-37-22-28(31)33(5)6)24-35-20-18-16-14-12-10-8-2/h27-28H,7-26H2,1-6H3. The van der Waals surface area contributed by atoms with E-state index in [1.54, 1.807) is 0 Å². The maximum atomic E-state index is 6.40. The van der Waals surface area contributed by atoms with E-state index < -0.39 is 5.41 Å². The highest BCUT2D eigenvalue weighted by atomic mass is 35.5. The molecule has 0 aromatic carbocycles. The van der Waals surface area contributed by atoms with Gasteiger partial charge < -0.3 is 18.9 Å². The third-order valence-corrected chi connectivity index (χ3v) is 7.58. The van der Waals surface area contributed by atoms with Crippen LogP contribution in [0.3, 0.4) is 0 Å². The first-order valence-corrected chi connectivity index (χ1v) is 15.6. The van der Waals surface area contributed by atoms with Crippen molar-refractivity contribution in [1.29, 1.82) is 0 Å². The summed E-state index contributed by atoms with van der Waals surface area (Å²) >= 11 is 12.8. The fourth-order valence-corrected chi connectivity index (χ4v) is 4.02. The molecule has 2 atom stereocenters. The highest BCUT2D eigenvalue weighted by Crippen LogP contribution is 2.23. The van der Waals surface area contributed by atoms with Crippen LogP contribution < -0.4 is 0 Å². The molecule has 37 heavy (non-hydrogen) atoms. The quantitative estimate of drug-likeness (QED) is 0.0572. The molecule has 0 aliphatic rings. The topological polar surface area (TPSA) is 43.4 Å². The summed E-state index contributed by atoms with van der Waals surface area (Å²) in [6.45, 7) is 8.84. The molecule has 0 saturated carbocycles. The number of hydrogen-bond acceptors (Lipinski definition) is 6. The summed E-state index contributed by atoms with van der Waals surface area (Å²) in [5.41, 5.74) is -0.781. The van der Waals surface area contributed by atoms with Crippen LogP contribution in [0.25, 0.3) is 0 Å². The van der Waals surface area contributed by atoms with Crippen LogP contribution in [-0.4, -0.2) is 102 Å². The average molecular weight is 572 g/mol. The van der Waals surface area contributed by atoms with E-state index in [0.717, 1.165) is 26.1 Å². The fourth-order valence-electron chi connectivity index (χ4n) is 3.84. The van der Waals surface area contributed by atoms with Gasteiger partial charge in [0.05, 0.1) is 45.1 Å². The van der Waals surface area contributed by atoms with Crippen LogP contribution in [0.15, 0.2) is 0 Å². The van der Waals surface area contributed by atoms with Crippen molar-refractivity contribution in [1.82, 2.24) is 9.80 Å². The Bertz CT molecular complexity index is 445. The number of ether oxygens (including phenoxy) is 4. The Hall–Kier alpha value is 0.340. The predicted octanol–water partition coefficient (Wildman–Crippen LogP) is 7.01. The molecule has 8 heteroatoms. The summed E-state index contributed by atoms with van der Waals surface area (Å²) in [5, 5.41) is 0. The minimum Gasteiger partial charge on any atom is -0.381 e. The number of unbranched alkanes of at least 4 members (excludes halogenated alkanes) is 10. The summed E-state index contributed by atoms with van der Waals surface area (Å²) in [7, 11) is 7.80. The maximum Gasteiger partial charge on any atom is 0.108 e. The molecule has 224 valence electrons. The van der Waals surface area contributed by atoms with Gasteiger partial charge >= 0.3 is 0 Å². The molecule has 0 rings (SSSR count). The normalized spacial score (nSPS) is 14.1. The second-order valence-electron chi connectivity index (χ2n) is 11.0. The molecule has 0 aliphatic carbocycles. The van der Waals surface area contributed by atoms with Crippen LogP contribution in [0.1, 0.15) is 90.9 Å². The van der Waals surface area contributed by atoms with Crippen LogP contribution in [-0.2, 0) is 18.9 Å². The van der Waals surface area contributed by atoms with E-state index in [1.165, 1.54) is 64.2 Å². The zero-order valence-corrected chi connectivity index (χ0v) is 26.6. The summed E-state index contributed by atoms with van der Waals surface area (Å²) in [5.74, 6) is 0. The fraction of sp³-hybridized carbons (Fsp3) is 1.00. The van der Waals surface area contributed by atoms with Crippen molar-refractivity contribution in [2.45, 2.75) is 102 Å². The van der Waals surface area contributed by atoms with Gasteiger partial charge in [-0.05, 0) is 41.0 Å². The molecule has 0 heterocycles. The van der Waals surface area contributed by atoms with Crippen LogP contribution in [0, 0.1) is 5.41 Å². The minimum absolute atomic E-state index is 0.187. The third kappa shape index (κ3) is 21.8. The maximum absolute atomic E-state index is 6.40. The lowest BCUT2D eigenvalue weighted by Crippen LogP contribution is -2.43. The highest BCUT2D eigenvalue weighted by Gasteiger charge is 2.33. The molecule has 0 aromatic rings. The van der Waals surface area contributed by atoms with Gasteiger partial charge in [-0.1, -0.05) is 78.1 Å². The molecule has 0 fully saturated rings. The molecule has 0 saturated heterocycles. The SMILES string of the molecule is CCCCCCCCOCC(COCCCCCCCC)(COCC(Cl)N(C)C)COCC(Cl)N(C)C. The Kier molecular flexibility index (Phi) is 25.5. The lowest BCUT2D eigenvalue weighted by molar-refractivity contribution is -0.110. The Morgan fingerprint density at radius 3 is 1.19 bits per heavy atom. The van der Waals surface area contributed by atoms with E-state index in [2.05, 4.69) is 13.8 Å². The smallest absolute Gasteiger partial charge is 0.108 e. The van der Waals surface area contributed by atoms with Crippen molar-refractivity contribution in [2.75, 3.05) is 81.0 Å². The van der Waals surface area contributed by atoms with Crippen LogP contribution >= 0.6 is 23.2 Å². The van der Waals surface area contributed by atoms with Crippen molar-refractivity contribution >= 4 is 23.2 Å². The van der Waals surface area contributed by atoms with Crippen molar-refractivity contribution in [3.63, 3.8) is 0 Å². The zero-order chi connectivity index (χ0) is 27.8. The number of rotatable bonds is 28. The zero-order valence-electron chi connectivity index (χ0n) is 25.1. The first kappa shape index (κ1) is 37.3. The van der Waals surface area contributed by atoms with Crippen LogP contribution in [0.5, 0.6) is 0 Å². The number of alkyl halides is 2. The van der Waals surface area contributed by atoms with Crippen LogP contribution in [0.4, 0.5) is 0 Å². The van der Waals surface area contributed by atoms with E-state index in [0.29, 0.717) is 39.6 Å². The van der Waals surface area contributed by atoms with E-state index in [1.807, 2.05) is 38.0 Å². The molecule has 0 radical (unpaired) electrons. The van der Waals surface area contributed by atoms with E-state index in [9.17, 15) is 0 Å². The van der Waals surface area contributed by atoms with Gasteiger partial charge in [0.25, 0.3) is 0 Å². The van der Waals surface area contributed by atoms with Gasteiger partial charge in [0.2, 0.25) is 0 Å². The molecule has 0 aliphatic heterocycles. The average Bonchev–Trinajstić information content (AvgIpc) is 2.86. The molecule has 0 aromatic heterocycles. The van der Waals surface area contributed by atoms with Crippen molar-refractivity contribution in [3.8, 4) is 0 Å². The lowest BCUT2D eigenvalue weighted by atomic mass is 9.92. The monoisotopic (exact) mass is 570 g/mol. The lowest BCUT2D eigenvalue weighted by Gasteiger charge is -2.34. The molecular formula is C29H60Cl2N2O4. The molecule has 0 spiro atoms. The summed E-state index contributed by atoms with van der Waals surface area (Å²) < 4.78 is 24.7. The largest absolute Gasteiger partial charge is 0.381 e. The van der Waals surface area contributed by atoms with Gasteiger partial charge in [-0.25, -0.2) is 0 Å². The Labute approximate surface area is 240 Å². The predicted molar refractivity (Wildman–Crippen MR) is 159 cm³/mol. The summed E-state index contributed by atoms with van der Waals surface area (Å²) in [4.78, 5) is 3.89. The van der Waals surface area contributed by atoms with Crippen molar-refractivity contribution < 1.29 is 18.9 Å². The first-order valence-electron chi connectivity index (χ1n) is 14.7.